The molecular weight excluding hydrogens is 284 g/mol. The molecule has 1 N–H and O–H groups in total. The van der Waals surface area contributed by atoms with Crippen LogP contribution in [0.2, 0.25) is 5.02 Å². The number of benzene rings is 1. The summed E-state index contributed by atoms with van der Waals surface area (Å²) in [6.45, 7) is 8.74. The fourth-order valence-electron chi connectivity index (χ4n) is 2.13. The number of rotatable bonds is 5. The number of ether oxygens (including phenoxy) is 1. The monoisotopic (exact) mass is 304 g/mol. The van der Waals surface area contributed by atoms with Crippen molar-refractivity contribution in [2.75, 3.05) is 11.9 Å². The van der Waals surface area contributed by atoms with Crippen LogP contribution >= 0.6 is 11.6 Å². The molecule has 0 saturated carbocycles. The van der Waals surface area contributed by atoms with Crippen LogP contribution in [0.15, 0.2) is 30.5 Å². The number of hydrogen-bond donors (Lipinski definition) is 1. The Morgan fingerprint density at radius 2 is 2.00 bits per heavy atom. The van der Waals surface area contributed by atoms with E-state index in [-0.39, 0.29) is 6.10 Å². The highest BCUT2D eigenvalue weighted by molar-refractivity contribution is 6.33. The average molecular weight is 305 g/mol. The van der Waals surface area contributed by atoms with E-state index in [9.17, 15) is 0 Å². The van der Waals surface area contributed by atoms with Crippen molar-refractivity contribution in [2.24, 2.45) is 0 Å². The van der Waals surface area contributed by atoms with Crippen molar-refractivity contribution in [3.63, 3.8) is 0 Å². The molecular formula is C17H21ClN2O. The minimum atomic E-state index is 0.0379. The molecule has 21 heavy (non-hydrogen) atoms. The summed E-state index contributed by atoms with van der Waals surface area (Å²) < 4.78 is 5.97. The van der Waals surface area contributed by atoms with Gasteiger partial charge in [0.05, 0.1) is 22.9 Å². The molecule has 1 aromatic carbocycles. The quantitative estimate of drug-likeness (QED) is 0.880. The van der Waals surface area contributed by atoms with Crippen molar-refractivity contribution < 1.29 is 4.74 Å². The van der Waals surface area contributed by atoms with Crippen LogP contribution in [0.4, 0.5) is 5.69 Å². The van der Waals surface area contributed by atoms with Gasteiger partial charge in [-0.05, 0) is 45.4 Å². The van der Waals surface area contributed by atoms with Crippen molar-refractivity contribution >= 4 is 17.3 Å². The van der Waals surface area contributed by atoms with E-state index < -0.39 is 0 Å². The second-order valence-corrected chi connectivity index (χ2v) is 5.71. The molecule has 0 spiro atoms. The smallest absolute Gasteiger partial charge is 0.122 e. The van der Waals surface area contributed by atoms with Crippen LogP contribution in [-0.2, 0) is 0 Å². The Morgan fingerprint density at radius 1 is 1.24 bits per heavy atom. The Kier molecular flexibility index (Phi) is 5.07. The van der Waals surface area contributed by atoms with Gasteiger partial charge in [-0.25, -0.2) is 0 Å². The van der Waals surface area contributed by atoms with Gasteiger partial charge >= 0.3 is 0 Å². The zero-order valence-electron chi connectivity index (χ0n) is 12.9. The summed E-state index contributed by atoms with van der Waals surface area (Å²) in [6, 6.07) is 8.08. The molecule has 3 nitrogen and oxygen atoms in total. The lowest BCUT2D eigenvalue weighted by molar-refractivity contribution is 0.233. The summed E-state index contributed by atoms with van der Waals surface area (Å²) in [5.74, 6) is 0.923. The van der Waals surface area contributed by atoms with Crippen LogP contribution in [0, 0.1) is 20.8 Å². The van der Waals surface area contributed by atoms with Gasteiger partial charge in [-0.15, -0.1) is 0 Å². The van der Waals surface area contributed by atoms with Crippen LogP contribution in [0.5, 0.6) is 5.75 Å². The number of halogens is 1. The van der Waals surface area contributed by atoms with Crippen molar-refractivity contribution in [1.29, 1.82) is 0 Å². The third-order valence-corrected chi connectivity index (χ3v) is 3.78. The standard InChI is InChI=1S/C17H21ClN2O/c1-11-5-6-16(12(2)9-11)21-13(3)10-20-15-7-8-19-14(4)17(15)18/h5-9,13H,10H2,1-4H3,(H,19,20). The molecule has 1 unspecified atom stereocenters. The number of pyridine rings is 1. The molecule has 2 aromatic rings. The average Bonchev–Trinajstić information content (AvgIpc) is 2.43. The van der Waals surface area contributed by atoms with Gasteiger partial charge < -0.3 is 10.1 Å². The molecule has 1 aromatic heterocycles. The minimum Gasteiger partial charge on any atom is -0.489 e. The second-order valence-electron chi connectivity index (χ2n) is 5.34. The molecule has 0 amide bonds. The van der Waals surface area contributed by atoms with E-state index in [1.54, 1.807) is 6.20 Å². The van der Waals surface area contributed by atoms with E-state index in [1.807, 2.05) is 26.0 Å². The third kappa shape index (κ3) is 4.11. The van der Waals surface area contributed by atoms with E-state index >= 15 is 0 Å². The van der Waals surface area contributed by atoms with Crippen LogP contribution in [-0.4, -0.2) is 17.6 Å². The Hall–Kier alpha value is -1.74. The van der Waals surface area contributed by atoms with Gasteiger partial charge in [0.1, 0.15) is 11.9 Å². The molecule has 0 aliphatic rings. The van der Waals surface area contributed by atoms with Crippen LogP contribution < -0.4 is 10.1 Å². The molecule has 0 saturated heterocycles. The second kappa shape index (κ2) is 6.81. The molecule has 1 atom stereocenters. The van der Waals surface area contributed by atoms with Gasteiger partial charge in [-0.2, -0.15) is 0 Å². The lowest BCUT2D eigenvalue weighted by atomic mass is 10.1. The molecule has 0 fully saturated rings. The zero-order chi connectivity index (χ0) is 15.4. The first kappa shape index (κ1) is 15.6. The predicted octanol–water partition coefficient (Wildman–Crippen LogP) is 4.54. The maximum Gasteiger partial charge on any atom is 0.122 e. The number of nitrogens with zero attached hydrogens (tertiary/aromatic N) is 1. The molecule has 0 bridgehead atoms. The first-order valence-corrected chi connectivity index (χ1v) is 7.44. The van der Waals surface area contributed by atoms with Crippen LogP contribution in [0.1, 0.15) is 23.7 Å². The predicted molar refractivity (Wildman–Crippen MR) is 88.5 cm³/mol. The number of aryl methyl sites for hydroxylation is 3. The Morgan fingerprint density at radius 3 is 2.71 bits per heavy atom. The molecule has 0 aliphatic carbocycles. The van der Waals surface area contributed by atoms with Gasteiger partial charge in [0, 0.05) is 6.20 Å². The fourth-order valence-corrected chi connectivity index (χ4v) is 2.31. The summed E-state index contributed by atoms with van der Waals surface area (Å²) in [5.41, 5.74) is 4.11. The normalized spacial score (nSPS) is 12.0. The molecule has 2 rings (SSSR count). The number of hydrogen-bond acceptors (Lipinski definition) is 3. The lowest BCUT2D eigenvalue weighted by Crippen LogP contribution is -2.23. The minimum absolute atomic E-state index is 0.0379. The first-order valence-electron chi connectivity index (χ1n) is 7.06. The maximum absolute atomic E-state index is 6.21. The van der Waals surface area contributed by atoms with Crippen LogP contribution in [0.3, 0.4) is 0 Å². The third-order valence-electron chi connectivity index (χ3n) is 3.30. The summed E-state index contributed by atoms with van der Waals surface area (Å²) in [4.78, 5) is 4.15. The van der Waals surface area contributed by atoms with Crippen molar-refractivity contribution in [3.8, 4) is 5.75 Å². The van der Waals surface area contributed by atoms with Gasteiger partial charge in [-0.3, -0.25) is 4.98 Å². The summed E-state index contributed by atoms with van der Waals surface area (Å²) in [7, 11) is 0. The number of nitrogens with one attached hydrogen (secondary N) is 1. The first-order chi connectivity index (χ1) is 9.97. The summed E-state index contributed by atoms with van der Waals surface area (Å²) >= 11 is 6.21. The fraction of sp³-hybridized carbons (Fsp3) is 0.353. The molecule has 4 heteroatoms. The van der Waals surface area contributed by atoms with Crippen LogP contribution in [0.25, 0.3) is 0 Å². The Balaban J connectivity index is 1.96. The number of anilines is 1. The van der Waals surface area contributed by atoms with E-state index in [0.717, 1.165) is 22.7 Å². The van der Waals surface area contributed by atoms with E-state index in [2.05, 4.69) is 36.3 Å². The van der Waals surface area contributed by atoms with E-state index in [0.29, 0.717) is 11.6 Å². The highest BCUT2D eigenvalue weighted by atomic mass is 35.5. The highest BCUT2D eigenvalue weighted by Gasteiger charge is 2.09. The molecule has 0 aliphatic heterocycles. The van der Waals surface area contributed by atoms with Crippen molar-refractivity contribution in [2.45, 2.75) is 33.8 Å². The van der Waals surface area contributed by atoms with Crippen molar-refractivity contribution in [1.82, 2.24) is 4.98 Å². The van der Waals surface area contributed by atoms with E-state index in [4.69, 9.17) is 16.3 Å². The maximum atomic E-state index is 6.21. The Labute approximate surface area is 131 Å². The van der Waals surface area contributed by atoms with Gasteiger partial charge in [0.2, 0.25) is 0 Å². The van der Waals surface area contributed by atoms with Gasteiger partial charge in [-0.1, -0.05) is 29.3 Å². The molecule has 1 heterocycles. The molecule has 112 valence electrons. The molecule has 0 radical (unpaired) electrons. The SMILES string of the molecule is Cc1ccc(OC(C)CNc2ccnc(C)c2Cl)c(C)c1. The topological polar surface area (TPSA) is 34.1 Å². The highest BCUT2D eigenvalue weighted by Crippen LogP contribution is 2.24. The Bertz CT molecular complexity index is 628. The number of aromatic nitrogens is 1. The zero-order valence-corrected chi connectivity index (χ0v) is 13.7. The summed E-state index contributed by atoms with van der Waals surface area (Å²) in [6.07, 6.45) is 1.79. The lowest BCUT2D eigenvalue weighted by Gasteiger charge is -2.18. The van der Waals surface area contributed by atoms with Gasteiger partial charge in [0.25, 0.3) is 0 Å². The van der Waals surface area contributed by atoms with Gasteiger partial charge in [0.15, 0.2) is 0 Å². The summed E-state index contributed by atoms with van der Waals surface area (Å²) in [5, 5.41) is 3.97. The van der Waals surface area contributed by atoms with E-state index in [1.165, 1.54) is 5.56 Å². The largest absolute Gasteiger partial charge is 0.489 e. The van der Waals surface area contributed by atoms with Crippen molar-refractivity contribution in [3.05, 3.63) is 52.3 Å².